The van der Waals surface area contributed by atoms with E-state index in [1.807, 2.05) is 0 Å². The van der Waals surface area contributed by atoms with Crippen LogP contribution in [0.2, 0.25) is 0 Å². The van der Waals surface area contributed by atoms with Crippen molar-refractivity contribution in [2.24, 2.45) is 0 Å². The largest absolute Gasteiger partial charge is 0.463 e. The number of rotatable bonds is 7. The average molecular weight is 284 g/mol. The summed E-state index contributed by atoms with van der Waals surface area (Å²) < 4.78 is 47.0. The monoisotopic (exact) mass is 284 g/mol. The molecule has 0 aromatic rings. The molecule has 1 N–H and O–H groups in total. The molecule has 2 unspecified atom stereocenters. The standard InChI is InChI=1S/C12H19F3O4/c1-5-18-10(16)8(2)7-19-9(3)6-11(4,17)12(13,14)15/h9,17H,2,5-7H2,1,3-4H3. The first-order valence-electron chi connectivity index (χ1n) is 5.77. The number of ether oxygens (including phenoxy) is 2. The lowest BCUT2D eigenvalue weighted by Gasteiger charge is -2.29. The first-order valence-corrected chi connectivity index (χ1v) is 5.77. The molecule has 0 aliphatic heterocycles. The first-order chi connectivity index (χ1) is 8.51. The molecule has 0 spiro atoms. The highest BCUT2D eigenvalue weighted by atomic mass is 19.4. The lowest BCUT2D eigenvalue weighted by molar-refractivity contribution is -0.261. The number of carbonyl (C=O) groups excluding carboxylic acids is 1. The van der Waals surface area contributed by atoms with E-state index in [2.05, 4.69) is 11.3 Å². The van der Waals surface area contributed by atoms with Crippen LogP contribution in [0.3, 0.4) is 0 Å². The Kier molecular flexibility index (Phi) is 6.51. The van der Waals surface area contributed by atoms with Crippen LogP contribution in [0.4, 0.5) is 13.2 Å². The van der Waals surface area contributed by atoms with E-state index in [1.54, 1.807) is 6.92 Å². The summed E-state index contributed by atoms with van der Waals surface area (Å²) in [6, 6.07) is 0. The minimum absolute atomic E-state index is 0.0142. The van der Waals surface area contributed by atoms with Gasteiger partial charge in [0.05, 0.1) is 24.9 Å². The number of alkyl halides is 3. The molecule has 19 heavy (non-hydrogen) atoms. The highest BCUT2D eigenvalue weighted by Gasteiger charge is 2.50. The van der Waals surface area contributed by atoms with E-state index >= 15 is 0 Å². The van der Waals surface area contributed by atoms with Crippen molar-refractivity contribution in [3.05, 3.63) is 12.2 Å². The fourth-order valence-corrected chi connectivity index (χ4v) is 1.27. The number of halogens is 3. The maximum atomic E-state index is 12.4. The summed E-state index contributed by atoms with van der Waals surface area (Å²) in [5.41, 5.74) is -2.82. The normalized spacial score (nSPS) is 16.6. The van der Waals surface area contributed by atoms with Gasteiger partial charge in [-0.15, -0.1) is 0 Å². The van der Waals surface area contributed by atoms with Crippen molar-refractivity contribution < 1.29 is 32.5 Å². The molecule has 0 aromatic carbocycles. The molecule has 0 saturated carbocycles. The second-order valence-corrected chi connectivity index (χ2v) is 4.42. The summed E-state index contributed by atoms with van der Waals surface area (Å²) in [7, 11) is 0. The maximum absolute atomic E-state index is 12.4. The summed E-state index contributed by atoms with van der Waals surface area (Å²) in [6.07, 6.45) is -6.25. The second-order valence-electron chi connectivity index (χ2n) is 4.42. The third-order valence-electron chi connectivity index (χ3n) is 2.40. The van der Waals surface area contributed by atoms with Crippen molar-refractivity contribution in [3.63, 3.8) is 0 Å². The van der Waals surface area contributed by atoms with Gasteiger partial charge in [0.25, 0.3) is 0 Å². The smallest absolute Gasteiger partial charge is 0.416 e. The molecule has 0 radical (unpaired) electrons. The van der Waals surface area contributed by atoms with Crippen LogP contribution >= 0.6 is 0 Å². The van der Waals surface area contributed by atoms with Gasteiger partial charge < -0.3 is 14.6 Å². The number of carbonyl (C=O) groups is 1. The molecule has 0 bridgehead atoms. The summed E-state index contributed by atoms with van der Waals surface area (Å²) in [6.45, 7) is 7.01. The van der Waals surface area contributed by atoms with Crippen molar-refractivity contribution in [1.29, 1.82) is 0 Å². The number of esters is 1. The SMILES string of the molecule is C=C(COC(C)CC(C)(O)C(F)(F)F)C(=O)OCC. The molecule has 2 atom stereocenters. The summed E-state index contributed by atoms with van der Waals surface area (Å²) in [5.74, 6) is -0.655. The highest BCUT2D eigenvalue weighted by molar-refractivity contribution is 5.87. The molecule has 7 heteroatoms. The van der Waals surface area contributed by atoms with E-state index in [0.717, 1.165) is 0 Å². The van der Waals surface area contributed by atoms with E-state index in [-0.39, 0.29) is 18.8 Å². The Morgan fingerprint density at radius 1 is 1.42 bits per heavy atom. The van der Waals surface area contributed by atoms with Gasteiger partial charge >= 0.3 is 12.1 Å². The summed E-state index contributed by atoms with van der Waals surface area (Å²) in [4.78, 5) is 11.2. The molecular formula is C12H19F3O4. The minimum Gasteiger partial charge on any atom is -0.463 e. The van der Waals surface area contributed by atoms with E-state index in [1.165, 1.54) is 6.92 Å². The molecule has 0 saturated heterocycles. The van der Waals surface area contributed by atoms with Crippen molar-refractivity contribution in [1.82, 2.24) is 0 Å². The van der Waals surface area contributed by atoms with Crippen molar-refractivity contribution in [2.45, 2.75) is 45.1 Å². The molecule has 4 nitrogen and oxygen atoms in total. The van der Waals surface area contributed by atoms with Crippen molar-refractivity contribution in [3.8, 4) is 0 Å². The fraction of sp³-hybridized carbons (Fsp3) is 0.750. The zero-order valence-corrected chi connectivity index (χ0v) is 11.2. The Labute approximate surface area is 110 Å². The van der Waals surface area contributed by atoms with Crippen molar-refractivity contribution in [2.75, 3.05) is 13.2 Å². The highest BCUT2D eigenvalue weighted by Crippen LogP contribution is 2.33. The van der Waals surface area contributed by atoms with Gasteiger partial charge in [0.1, 0.15) is 0 Å². The quantitative estimate of drug-likeness (QED) is 0.575. The van der Waals surface area contributed by atoms with Crippen LogP contribution < -0.4 is 0 Å². The Morgan fingerprint density at radius 2 is 1.95 bits per heavy atom. The molecule has 0 aliphatic carbocycles. The third-order valence-corrected chi connectivity index (χ3v) is 2.40. The molecule has 112 valence electrons. The van der Waals surface area contributed by atoms with Gasteiger partial charge in [0.2, 0.25) is 0 Å². The predicted molar refractivity (Wildman–Crippen MR) is 62.5 cm³/mol. The van der Waals surface area contributed by atoms with Gasteiger partial charge in [0, 0.05) is 6.42 Å². The summed E-state index contributed by atoms with van der Waals surface area (Å²) >= 11 is 0. The number of aliphatic hydroxyl groups is 1. The lowest BCUT2D eigenvalue weighted by Crippen LogP contribution is -2.44. The van der Waals surface area contributed by atoms with Crippen LogP contribution in [-0.2, 0) is 14.3 Å². The number of hydrogen-bond donors (Lipinski definition) is 1. The molecule has 0 fully saturated rings. The molecule has 0 amide bonds. The van der Waals surface area contributed by atoms with Gasteiger partial charge in [-0.05, 0) is 20.8 Å². The average Bonchev–Trinajstić information content (AvgIpc) is 2.24. The third kappa shape index (κ3) is 6.07. The van der Waals surface area contributed by atoms with Crippen molar-refractivity contribution >= 4 is 5.97 Å². The van der Waals surface area contributed by atoms with Crippen LogP contribution in [0, 0.1) is 0 Å². The fourth-order valence-electron chi connectivity index (χ4n) is 1.27. The Morgan fingerprint density at radius 3 is 2.37 bits per heavy atom. The Hall–Kier alpha value is -1.08. The first kappa shape index (κ1) is 17.9. The van der Waals surface area contributed by atoms with Gasteiger partial charge in [-0.2, -0.15) is 13.2 Å². The Balaban J connectivity index is 4.24. The van der Waals surface area contributed by atoms with Gasteiger partial charge in [0.15, 0.2) is 5.60 Å². The summed E-state index contributed by atoms with van der Waals surface area (Å²) in [5, 5.41) is 9.26. The van der Waals surface area contributed by atoms with Crippen LogP contribution in [0.15, 0.2) is 12.2 Å². The lowest BCUT2D eigenvalue weighted by atomic mass is 9.98. The van der Waals surface area contributed by atoms with Gasteiger partial charge in [-0.1, -0.05) is 6.58 Å². The Bertz CT molecular complexity index is 323. The number of hydrogen-bond acceptors (Lipinski definition) is 4. The molecule has 0 rings (SSSR count). The molecule has 0 aliphatic rings. The molecular weight excluding hydrogens is 265 g/mol. The van der Waals surface area contributed by atoms with E-state index in [4.69, 9.17) is 4.74 Å². The zero-order chi connectivity index (χ0) is 15.3. The molecule has 0 heterocycles. The minimum atomic E-state index is -4.73. The van der Waals surface area contributed by atoms with E-state index in [0.29, 0.717) is 6.92 Å². The van der Waals surface area contributed by atoms with Crippen LogP contribution in [0.5, 0.6) is 0 Å². The zero-order valence-electron chi connectivity index (χ0n) is 11.2. The van der Waals surface area contributed by atoms with Gasteiger partial charge in [-0.3, -0.25) is 0 Å². The molecule has 0 aromatic heterocycles. The van der Waals surface area contributed by atoms with E-state index < -0.39 is 30.3 Å². The van der Waals surface area contributed by atoms with Crippen LogP contribution in [0.1, 0.15) is 27.2 Å². The van der Waals surface area contributed by atoms with Crippen LogP contribution in [0.25, 0.3) is 0 Å². The van der Waals surface area contributed by atoms with Gasteiger partial charge in [-0.25, -0.2) is 4.79 Å². The maximum Gasteiger partial charge on any atom is 0.416 e. The van der Waals surface area contributed by atoms with E-state index in [9.17, 15) is 23.1 Å². The predicted octanol–water partition coefficient (Wildman–Crippen LogP) is 2.21. The topological polar surface area (TPSA) is 55.8 Å². The second kappa shape index (κ2) is 6.91. The van der Waals surface area contributed by atoms with Crippen LogP contribution in [-0.4, -0.2) is 42.2 Å².